The Morgan fingerprint density at radius 2 is 1.77 bits per heavy atom. The van der Waals surface area contributed by atoms with Crippen LogP contribution in [0, 0.1) is 12.8 Å². The van der Waals surface area contributed by atoms with Crippen LogP contribution in [0.25, 0.3) is 10.9 Å². The smallest absolute Gasteiger partial charge is 0.265 e. The number of carbonyl (C=O) groups is 2. The van der Waals surface area contributed by atoms with Crippen molar-refractivity contribution in [3.05, 3.63) is 94.7 Å². The predicted octanol–water partition coefficient (Wildman–Crippen LogP) is 5.73. The van der Waals surface area contributed by atoms with E-state index in [2.05, 4.69) is 40.6 Å². The molecular weight excluding hydrogens is 562 g/mol. The summed E-state index contributed by atoms with van der Waals surface area (Å²) >= 11 is 0. The molecule has 2 amide bonds. The van der Waals surface area contributed by atoms with Crippen LogP contribution in [0.3, 0.4) is 0 Å². The Hall–Kier alpha value is -4.11. The molecule has 1 unspecified atom stereocenters. The first-order chi connectivity index (χ1) is 20.4. The van der Waals surface area contributed by atoms with Gasteiger partial charge < -0.3 is 14.2 Å². The van der Waals surface area contributed by atoms with E-state index in [1.54, 1.807) is 63.4 Å². The van der Waals surface area contributed by atoms with Gasteiger partial charge in [0, 0.05) is 55.6 Å². The van der Waals surface area contributed by atoms with E-state index in [0.717, 1.165) is 47.8 Å². The van der Waals surface area contributed by atoms with Crippen LogP contribution in [0.15, 0.2) is 71.8 Å². The van der Waals surface area contributed by atoms with E-state index >= 15 is 0 Å². The molecule has 0 aliphatic heterocycles. The molecule has 4 aromatic rings. The molecule has 0 bridgehead atoms. The molecule has 1 heterocycles. The van der Waals surface area contributed by atoms with Gasteiger partial charge in [0.15, 0.2) is 0 Å². The molecule has 8 nitrogen and oxygen atoms in total. The molecule has 0 saturated heterocycles. The minimum atomic E-state index is -4.03. The number of ether oxygens (including phenoxy) is 1. The first-order valence-electron chi connectivity index (χ1n) is 14.6. The third-order valence-corrected chi connectivity index (χ3v) is 9.25. The molecule has 0 saturated carbocycles. The lowest BCUT2D eigenvalue weighted by atomic mass is 9.97. The van der Waals surface area contributed by atoms with Crippen LogP contribution in [-0.2, 0) is 34.2 Å². The lowest BCUT2D eigenvalue weighted by molar-refractivity contribution is -0.132. The van der Waals surface area contributed by atoms with E-state index in [-0.39, 0.29) is 22.3 Å². The van der Waals surface area contributed by atoms with Gasteiger partial charge in [0.05, 0.1) is 12.0 Å². The molecule has 0 aliphatic carbocycles. The number of sulfonamides is 1. The molecule has 4 rings (SSSR count). The minimum Gasteiger partial charge on any atom is -0.496 e. The van der Waals surface area contributed by atoms with Crippen LogP contribution >= 0.6 is 0 Å². The largest absolute Gasteiger partial charge is 0.496 e. The monoisotopic (exact) mass is 603 g/mol. The van der Waals surface area contributed by atoms with E-state index in [4.69, 9.17) is 4.74 Å². The third kappa shape index (κ3) is 7.28. The summed E-state index contributed by atoms with van der Waals surface area (Å²) in [5, 5.41) is 1.14. The summed E-state index contributed by atoms with van der Waals surface area (Å²) in [4.78, 5) is 27.0. The molecule has 228 valence electrons. The summed E-state index contributed by atoms with van der Waals surface area (Å²) in [7, 11) is 1.08. The average Bonchev–Trinajstić information content (AvgIpc) is 3.31. The minimum absolute atomic E-state index is 0.0541. The highest BCUT2D eigenvalue weighted by Gasteiger charge is 2.22. The number of fused-ring (bicyclic) bond motifs is 1. The Morgan fingerprint density at radius 3 is 2.44 bits per heavy atom. The van der Waals surface area contributed by atoms with Crippen molar-refractivity contribution in [3.63, 3.8) is 0 Å². The molecule has 0 fully saturated rings. The molecular formula is C34H41N3O5S. The van der Waals surface area contributed by atoms with Crippen LogP contribution in [0.1, 0.15) is 59.3 Å². The summed E-state index contributed by atoms with van der Waals surface area (Å²) in [6.45, 7) is 6.69. The van der Waals surface area contributed by atoms with Gasteiger partial charge in [-0.3, -0.25) is 9.59 Å². The van der Waals surface area contributed by atoms with Crippen LogP contribution in [-0.4, -0.2) is 50.9 Å². The van der Waals surface area contributed by atoms with Gasteiger partial charge >= 0.3 is 0 Å². The number of rotatable bonds is 12. The first-order valence-corrected chi connectivity index (χ1v) is 16.0. The number of nitrogens with one attached hydrogen (secondary N) is 1. The number of hydrogen-bond acceptors (Lipinski definition) is 5. The summed E-state index contributed by atoms with van der Waals surface area (Å²) in [6.07, 6.45) is 5.30. The highest BCUT2D eigenvalue weighted by Crippen LogP contribution is 2.30. The number of nitrogens with zero attached hydrogens (tertiary/aromatic N) is 2. The number of amides is 2. The van der Waals surface area contributed by atoms with Crippen LogP contribution in [0.5, 0.6) is 5.75 Å². The van der Waals surface area contributed by atoms with E-state index in [1.807, 2.05) is 13.0 Å². The van der Waals surface area contributed by atoms with Crippen LogP contribution in [0.4, 0.5) is 0 Å². The molecule has 1 N–H and O–H groups in total. The van der Waals surface area contributed by atoms with Crippen molar-refractivity contribution in [3.8, 4) is 5.75 Å². The van der Waals surface area contributed by atoms with Crippen molar-refractivity contribution < 1.29 is 22.7 Å². The SMILES string of the molecule is CCCn1cc(Cc2ccc(C(=O)NS(=O)(=O)c3ccccc3C)cc2OC)c2cc(CCC(C)C(=O)N(C)C)ccc21. The maximum absolute atomic E-state index is 13.0. The first kappa shape index (κ1) is 31.8. The normalized spacial score (nSPS) is 12.2. The summed E-state index contributed by atoms with van der Waals surface area (Å²) < 4.78 is 35.8. The Kier molecular flexibility index (Phi) is 9.96. The Morgan fingerprint density at radius 1 is 1.02 bits per heavy atom. The van der Waals surface area contributed by atoms with Crippen LogP contribution < -0.4 is 9.46 Å². The number of benzene rings is 3. The van der Waals surface area contributed by atoms with Gasteiger partial charge in [0.25, 0.3) is 15.9 Å². The summed E-state index contributed by atoms with van der Waals surface area (Å²) in [6, 6.07) is 18.1. The van der Waals surface area contributed by atoms with Crippen molar-refractivity contribution >= 4 is 32.7 Å². The quantitative estimate of drug-likeness (QED) is 0.223. The van der Waals surface area contributed by atoms with Gasteiger partial charge in [0.1, 0.15) is 5.75 Å². The zero-order chi connectivity index (χ0) is 31.3. The van der Waals surface area contributed by atoms with Crippen LogP contribution in [0.2, 0.25) is 0 Å². The summed E-state index contributed by atoms with van der Waals surface area (Å²) in [5.41, 5.74) is 5.07. The highest BCUT2D eigenvalue weighted by atomic mass is 32.2. The molecule has 0 radical (unpaired) electrons. The van der Waals surface area contributed by atoms with Gasteiger partial charge in [-0.25, -0.2) is 13.1 Å². The van der Waals surface area contributed by atoms with E-state index in [9.17, 15) is 18.0 Å². The fourth-order valence-corrected chi connectivity index (χ4v) is 6.64. The van der Waals surface area contributed by atoms with Gasteiger partial charge in [0.2, 0.25) is 5.91 Å². The second-order valence-corrected chi connectivity index (χ2v) is 12.9. The van der Waals surface area contributed by atoms with Crippen molar-refractivity contribution in [2.75, 3.05) is 21.2 Å². The van der Waals surface area contributed by atoms with Gasteiger partial charge in [-0.15, -0.1) is 0 Å². The number of carbonyl (C=O) groups excluding carboxylic acids is 2. The third-order valence-electron chi connectivity index (χ3n) is 7.76. The van der Waals surface area contributed by atoms with Crippen molar-refractivity contribution in [2.45, 2.75) is 57.9 Å². The predicted molar refractivity (Wildman–Crippen MR) is 170 cm³/mol. The highest BCUT2D eigenvalue weighted by molar-refractivity contribution is 7.90. The van der Waals surface area contributed by atoms with E-state index in [1.165, 1.54) is 11.6 Å². The standard InChI is InChI=1S/C34H41N3O5S/c1-7-18-37-22-28(29-19-25(14-17-30(29)37)13-12-24(3)34(39)36(4)5)20-26-15-16-27(21-31(26)42-6)33(38)35-43(40,41)32-11-9-8-10-23(32)2/h8-11,14-17,19,21-22,24H,7,12-13,18,20H2,1-6H3,(H,35,38). The molecule has 0 aliphatic rings. The molecule has 1 atom stereocenters. The van der Waals surface area contributed by atoms with Crippen molar-refractivity contribution in [2.24, 2.45) is 5.92 Å². The van der Waals surface area contributed by atoms with Gasteiger partial charge in [-0.05, 0) is 78.8 Å². The van der Waals surface area contributed by atoms with E-state index < -0.39 is 15.9 Å². The van der Waals surface area contributed by atoms with Crippen molar-refractivity contribution in [1.82, 2.24) is 14.2 Å². The molecule has 0 spiro atoms. The number of aromatic nitrogens is 1. The Labute approximate surface area is 254 Å². The second kappa shape index (κ2) is 13.5. The maximum atomic E-state index is 13.0. The van der Waals surface area contributed by atoms with E-state index in [0.29, 0.717) is 17.7 Å². The lowest BCUT2D eigenvalue weighted by Crippen LogP contribution is -2.31. The zero-order valence-electron chi connectivity index (χ0n) is 25.8. The Bertz CT molecular complexity index is 1740. The zero-order valence-corrected chi connectivity index (χ0v) is 26.6. The number of aryl methyl sites for hydroxylation is 3. The van der Waals surface area contributed by atoms with Crippen molar-refractivity contribution in [1.29, 1.82) is 0 Å². The second-order valence-electron chi connectivity index (χ2n) is 11.3. The molecule has 3 aromatic carbocycles. The molecule has 9 heteroatoms. The van der Waals surface area contributed by atoms with Gasteiger partial charge in [-0.2, -0.15) is 0 Å². The molecule has 1 aromatic heterocycles. The van der Waals surface area contributed by atoms with Gasteiger partial charge in [-0.1, -0.05) is 44.2 Å². The number of methoxy groups -OCH3 is 1. The molecule has 43 heavy (non-hydrogen) atoms. The number of hydrogen-bond donors (Lipinski definition) is 1. The maximum Gasteiger partial charge on any atom is 0.265 e. The average molecular weight is 604 g/mol. The summed E-state index contributed by atoms with van der Waals surface area (Å²) in [5.74, 6) is -0.141. The lowest BCUT2D eigenvalue weighted by Gasteiger charge is -2.16. The fourth-order valence-electron chi connectivity index (χ4n) is 5.42. The Balaban J connectivity index is 1.60. The topological polar surface area (TPSA) is 97.7 Å². The fraction of sp³-hybridized carbons (Fsp3) is 0.353.